The number of aryl methyl sites for hydroxylation is 2. The molecule has 31 heavy (non-hydrogen) atoms. The van der Waals surface area contributed by atoms with E-state index < -0.39 is 10.0 Å². The van der Waals surface area contributed by atoms with Crippen LogP contribution in [0.5, 0.6) is 0 Å². The highest BCUT2D eigenvalue weighted by molar-refractivity contribution is 8.00. The number of hydrogen-bond acceptors (Lipinski definition) is 7. The zero-order chi connectivity index (χ0) is 22.2. The van der Waals surface area contributed by atoms with Crippen LogP contribution in [0.25, 0.3) is 0 Å². The van der Waals surface area contributed by atoms with Crippen LogP contribution in [0.15, 0.2) is 38.6 Å². The van der Waals surface area contributed by atoms with E-state index in [1.54, 1.807) is 13.8 Å². The highest BCUT2D eigenvalue weighted by Crippen LogP contribution is 2.37. The van der Waals surface area contributed by atoms with E-state index >= 15 is 0 Å². The molecule has 1 amide bonds. The fraction of sp³-hybridized carbons (Fsp3) is 0.524. The van der Waals surface area contributed by atoms with Gasteiger partial charge in [-0.3, -0.25) is 9.69 Å². The topological polar surface area (TPSA) is 87.0 Å². The molecule has 2 aromatic rings. The van der Waals surface area contributed by atoms with Crippen molar-refractivity contribution in [2.45, 2.75) is 42.2 Å². The number of para-hydroxylation sites is 1. The van der Waals surface area contributed by atoms with Crippen molar-refractivity contribution >= 4 is 33.4 Å². The summed E-state index contributed by atoms with van der Waals surface area (Å²) in [5.74, 6) is 0.367. The van der Waals surface area contributed by atoms with E-state index in [2.05, 4.69) is 18.1 Å². The number of rotatable bonds is 4. The van der Waals surface area contributed by atoms with Crippen LogP contribution in [0.4, 0.5) is 5.69 Å². The second-order valence-electron chi connectivity index (χ2n) is 8.06. The summed E-state index contributed by atoms with van der Waals surface area (Å²) in [6.07, 6.45) is 0.939. The summed E-state index contributed by atoms with van der Waals surface area (Å²) in [6, 6.07) is 8.05. The van der Waals surface area contributed by atoms with E-state index in [9.17, 15) is 13.2 Å². The maximum atomic E-state index is 13.2. The monoisotopic (exact) mass is 464 g/mol. The average Bonchev–Trinajstić information content (AvgIpc) is 2.98. The maximum absolute atomic E-state index is 13.2. The van der Waals surface area contributed by atoms with Crippen LogP contribution in [0.1, 0.15) is 24.8 Å². The molecule has 0 unspecified atom stereocenters. The summed E-state index contributed by atoms with van der Waals surface area (Å²) in [5.41, 5.74) is 1.35. The second kappa shape index (κ2) is 8.93. The van der Waals surface area contributed by atoms with Gasteiger partial charge in [-0.25, -0.2) is 8.42 Å². The zero-order valence-electron chi connectivity index (χ0n) is 18.1. The molecule has 2 aliphatic rings. The Labute approximate surface area is 187 Å². The lowest BCUT2D eigenvalue weighted by atomic mass is 10.2. The molecular weight excluding hydrogens is 436 g/mol. The summed E-state index contributed by atoms with van der Waals surface area (Å²) in [6.45, 7) is 8.11. The molecule has 10 heteroatoms. The Kier molecular flexibility index (Phi) is 6.43. The van der Waals surface area contributed by atoms with Crippen molar-refractivity contribution in [3.05, 3.63) is 35.7 Å². The summed E-state index contributed by atoms with van der Waals surface area (Å²) in [4.78, 5) is 18.4. The molecule has 2 aliphatic heterocycles. The fourth-order valence-electron chi connectivity index (χ4n) is 4.12. The standard InChI is InChI=1S/C21H28N4O4S2/c1-15-8-9-25(18-6-4-5-7-19(18)30-15)20(26)14-23-10-12-24(13-11-23)31(27,28)21-16(2)22-29-17(21)3/h4-7,15H,8-14H2,1-3H3/t15-/m1/s1. The Morgan fingerprint density at radius 3 is 2.55 bits per heavy atom. The normalized spacial score (nSPS) is 21.0. The third kappa shape index (κ3) is 4.52. The minimum atomic E-state index is -3.65. The van der Waals surface area contributed by atoms with E-state index in [0.717, 1.165) is 17.0 Å². The number of aromatic nitrogens is 1. The number of amides is 1. The number of hydrogen-bond donors (Lipinski definition) is 0. The van der Waals surface area contributed by atoms with Crippen molar-refractivity contribution in [2.24, 2.45) is 0 Å². The minimum Gasteiger partial charge on any atom is -0.360 e. The smallest absolute Gasteiger partial charge is 0.248 e. The van der Waals surface area contributed by atoms with Gasteiger partial charge in [0.15, 0.2) is 5.76 Å². The van der Waals surface area contributed by atoms with Gasteiger partial charge in [-0.2, -0.15) is 4.31 Å². The number of thioether (sulfide) groups is 1. The third-order valence-corrected chi connectivity index (χ3v) is 9.18. The van der Waals surface area contributed by atoms with Crippen LogP contribution in [0.2, 0.25) is 0 Å². The van der Waals surface area contributed by atoms with Crippen LogP contribution in [-0.2, 0) is 14.8 Å². The first kappa shape index (κ1) is 22.3. The Morgan fingerprint density at radius 2 is 1.87 bits per heavy atom. The van der Waals surface area contributed by atoms with E-state index in [4.69, 9.17) is 4.52 Å². The summed E-state index contributed by atoms with van der Waals surface area (Å²) >= 11 is 1.81. The number of sulfonamides is 1. The molecule has 168 valence electrons. The van der Waals surface area contributed by atoms with Crippen molar-refractivity contribution in [1.29, 1.82) is 0 Å². The molecule has 0 spiro atoms. The zero-order valence-corrected chi connectivity index (χ0v) is 19.7. The van der Waals surface area contributed by atoms with Gasteiger partial charge in [-0.15, -0.1) is 11.8 Å². The first-order valence-corrected chi connectivity index (χ1v) is 12.8. The van der Waals surface area contributed by atoms with Crippen LogP contribution < -0.4 is 4.90 Å². The molecule has 0 saturated carbocycles. The van der Waals surface area contributed by atoms with E-state index in [1.165, 1.54) is 4.31 Å². The predicted octanol–water partition coefficient (Wildman–Crippen LogP) is 2.52. The van der Waals surface area contributed by atoms with Crippen molar-refractivity contribution in [1.82, 2.24) is 14.4 Å². The summed E-state index contributed by atoms with van der Waals surface area (Å²) < 4.78 is 32.5. The first-order valence-electron chi connectivity index (χ1n) is 10.5. The van der Waals surface area contributed by atoms with Crippen molar-refractivity contribution in [3.8, 4) is 0 Å². The average molecular weight is 465 g/mol. The Hall–Kier alpha value is -1.88. The van der Waals surface area contributed by atoms with Crippen LogP contribution in [0, 0.1) is 13.8 Å². The second-order valence-corrected chi connectivity index (χ2v) is 11.4. The van der Waals surface area contributed by atoms with E-state index in [0.29, 0.717) is 49.4 Å². The number of carbonyl (C=O) groups excluding carboxylic acids is 1. The molecule has 0 aliphatic carbocycles. The van der Waals surface area contributed by atoms with Gasteiger partial charge in [-0.1, -0.05) is 24.2 Å². The highest BCUT2D eigenvalue weighted by atomic mass is 32.2. The molecule has 1 aromatic carbocycles. The van der Waals surface area contributed by atoms with Gasteiger partial charge in [0, 0.05) is 42.9 Å². The lowest BCUT2D eigenvalue weighted by molar-refractivity contribution is -0.120. The van der Waals surface area contributed by atoms with Gasteiger partial charge in [0.1, 0.15) is 10.6 Å². The molecule has 1 fully saturated rings. The molecule has 1 saturated heterocycles. The van der Waals surface area contributed by atoms with Crippen LogP contribution in [0.3, 0.4) is 0 Å². The van der Waals surface area contributed by atoms with Gasteiger partial charge in [0.2, 0.25) is 15.9 Å². The fourth-order valence-corrected chi connectivity index (χ4v) is 6.95. The number of benzene rings is 1. The summed E-state index contributed by atoms with van der Waals surface area (Å²) in [5, 5.41) is 4.23. The highest BCUT2D eigenvalue weighted by Gasteiger charge is 2.34. The number of piperazine rings is 1. The predicted molar refractivity (Wildman–Crippen MR) is 120 cm³/mol. The molecule has 4 rings (SSSR count). The lowest BCUT2D eigenvalue weighted by Crippen LogP contribution is -2.51. The van der Waals surface area contributed by atoms with E-state index in [-0.39, 0.29) is 17.3 Å². The maximum Gasteiger partial charge on any atom is 0.248 e. The largest absolute Gasteiger partial charge is 0.360 e. The molecular formula is C21H28N4O4S2. The Morgan fingerprint density at radius 1 is 1.16 bits per heavy atom. The summed E-state index contributed by atoms with van der Waals surface area (Å²) in [7, 11) is -3.65. The quantitative estimate of drug-likeness (QED) is 0.687. The molecule has 1 aromatic heterocycles. The SMILES string of the molecule is Cc1noc(C)c1S(=O)(=O)N1CCN(CC(=O)N2CC[C@@H](C)Sc3ccccc32)CC1. The molecule has 0 radical (unpaired) electrons. The van der Waals surface area contributed by atoms with Crippen molar-refractivity contribution in [3.63, 3.8) is 0 Å². The molecule has 3 heterocycles. The minimum absolute atomic E-state index is 0.0594. The number of carbonyl (C=O) groups is 1. The Bertz CT molecular complexity index is 1040. The van der Waals surface area contributed by atoms with Gasteiger partial charge in [0.25, 0.3) is 0 Å². The third-order valence-electron chi connectivity index (χ3n) is 5.80. The lowest BCUT2D eigenvalue weighted by Gasteiger charge is -2.34. The molecule has 0 bridgehead atoms. The number of nitrogens with zero attached hydrogens (tertiary/aromatic N) is 4. The molecule has 1 atom stereocenters. The van der Waals surface area contributed by atoms with Gasteiger partial charge < -0.3 is 9.42 Å². The number of anilines is 1. The first-order chi connectivity index (χ1) is 14.8. The van der Waals surface area contributed by atoms with E-state index in [1.807, 2.05) is 39.8 Å². The van der Waals surface area contributed by atoms with Crippen molar-refractivity contribution in [2.75, 3.05) is 44.2 Å². The van der Waals surface area contributed by atoms with Crippen molar-refractivity contribution < 1.29 is 17.7 Å². The van der Waals surface area contributed by atoms with Gasteiger partial charge in [0.05, 0.1) is 12.2 Å². The molecule has 8 nitrogen and oxygen atoms in total. The van der Waals surface area contributed by atoms with Gasteiger partial charge in [-0.05, 0) is 32.4 Å². The molecule has 0 N–H and O–H groups in total. The van der Waals surface area contributed by atoms with Crippen LogP contribution in [-0.4, -0.2) is 73.2 Å². The Balaban J connectivity index is 1.41. The van der Waals surface area contributed by atoms with Crippen LogP contribution >= 0.6 is 11.8 Å². The van der Waals surface area contributed by atoms with Gasteiger partial charge >= 0.3 is 0 Å². The number of fused-ring (bicyclic) bond motifs is 1.